The minimum atomic E-state index is -3.28. The summed E-state index contributed by atoms with van der Waals surface area (Å²) >= 11 is 0. The summed E-state index contributed by atoms with van der Waals surface area (Å²) in [6, 6.07) is 16.6. The van der Waals surface area contributed by atoms with Gasteiger partial charge in [-0.15, -0.1) is 0 Å². The van der Waals surface area contributed by atoms with Gasteiger partial charge in [0.25, 0.3) is 0 Å². The normalized spacial score (nSPS) is 18.6. The molecule has 0 N–H and O–H groups in total. The van der Waals surface area contributed by atoms with Crippen LogP contribution < -0.4 is 9.47 Å². The zero-order valence-electron chi connectivity index (χ0n) is 18.0. The lowest BCUT2D eigenvalue weighted by molar-refractivity contribution is 0.170. The number of fused-ring (bicyclic) bond motifs is 1. The summed E-state index contributed by atoms with van der Waals surface area (Å²) in [6.45, 7) is 3.12. The van der Waals surface area contributed by atoms with Crippen molar-refractivity contribution in [3.63, 3.8) is 0 Å². The van der Waals surface area contributed by atoms with Crippen LogP contribution in [0.15, 0.2) is 65.8 Å². The number of aromatic nitrogens is 1. The van der Waals surface area contributed by atoms with Gasteiger partial charge in [0.2, 0.25) is 0 Å². The molecular weight excluding hydrogens is 424 g/mol. The van der Waals surface area contributed by atoms with Crippen molar-refractivity contribution in [3.8, 4) is 22.6 Å². The van der Waals surface area contributed by atoms with E-state index in [2.05, 4.69) is 34.1 Å². The summed E-state index contributed by atoms with van der Waals surface area (Å²) in [5.74, 6) is 1.67. The van der Waals surface area contributed by atoms with Crippen molar-refractivity contribution in [1.82, 2.24) is 9.88 Å². The van der Waals surface area contributed by atoms with Crippen molar-refractivity contribution in [3.05, 3.63) is 72.1 Å². The zero-order chi connectivity index (χ0) is 22.1. The zero-order valence-corrected chi connectivity index (χ0v) is 18.8. The molecule has 0 bridgehead atoms. The Morgan fingerprint density at radius 3 is 2.53 bits per heavy atom. The number of rotatable bonds is 5. The minimum absolute atomic E-state index is 0.235. The van der Waals surface area contributed by atoms with E-state index in [1.165, 1.54) is 30.0 Å². The summed E-state index contributed by atoms with van der Waals surface area (Å²) in [6.07, 6.45) is 6.58. The Kier molecular flexibility index (Phi) is 5.61. The summed E-state index contributed by atoms with van der Waals surface area (Å²) < 4.78 is 35.1. The summed E-state index contributed by atoms with van der Waals surface area (Å²) in [7, 11) is -3.28. The van der Waals surface area contributed by atoms with Crippen molar-refractivity contribution in [2.45, 2.75) is 30.3 Å². The fourth-order valence-corrected chi connectivity index (χ4v) is 5.07. The number of benzene rings is 2. The Bertz CT molecular complexity index is 1220. The van der Waals surface area contributed by atoms with E-state index < -0.39 is 9.84 Å². The topological polar surface area (TPSA) is 68.7 Å². The van der Waals surface area contributed by atoms with Gasteiger partial charge >= 0.3 is 0 Å². The Morgan fingerprint density at radius 1 is 0.969 bits per heavy atom. The van der Waals surface area contributed by atoms with Gasteiger partial charge in [-0.2, -0.15) is 0 Å². The predicted molar refractivity (Wildman–Crippen MR) is 123 cm³/mol. The van der Waals surface area contributed by atoms with Gasteiger partial charge in [0.1, 0.15) is 13.2 Å². The molecule has 3 heterocycles. The third kappa shape index (κ3) is 4.36. The third-order valence-corrected chi connectivity index (χ3v) is 7.21. The molecule has 2 aromatic carbocycles. The minimum Gasteiger partial charge on any atom is -0.486 e. The van der Waals surface area contributed by atoms with Crippen LogP contribution in [0.5, 0.6) is 11.5 Å². The molecule has 32 heavy (non-hydrogen) atoms. The molecule has 6 nitrogen and oxygen atoms in total. The maximum Gasteiger partial charge on any atom is 0.177 e. The second kappa shape index (κ2) is 8.56. The second-order valence-electron chi connectivity index (χ2n) is 8.41. The first-order valence-corrected chi connectivity index (χ1v) is 12.7. The molecule has 0 amide bonds. The average Bonchev–Trinajstić information content (AvgIpc) is 3.27. The number of hydrogen-bond donors (Lipinski definition) is 0. The molecule has 1 atom stereocenters. The molecular formula is C25H26N2O4S. The number of hydrogen-bond acceptors (Lipinski definition) is 6. The van der Waals surface area contributed by atoms with Gasteiger partial charge in [-0.3, -0.25) is 9.88 Å². The van der Waals surface area contributed by atoms with E-state index in [4.69, 9.17) is 9.47 Å². The van der Waals surface area contributed by atoms with Crippen LogP contribution in [0.25, 0.3) is 11.1 Å². The van der Waals surface area contributed by atoms with Gasteiger partial charge in [-0.25, -0.2) is 8.42 Å². The predicted octanol–water partition coefficient (Wildman–Crippen LogP) is 4.26. The number of nitrogens with zero attached hydrogens (tertiary/aromatic N) is 2. The smallest absolute Gasteiger partial charge is 0.177 e. The van der Waals surface area contributed by atoms with E-state index >= 15 is 0 Å². The van der Waals surface area contributed by atoms with E-state index in [1.807, 2.05) is 18.2 Å². The summed E-state index contributed by atoms with van der Waals surface area (Å²) in [5.41, 5.74) is 4.25. The van der Waals surface area contributed by atoms with Crippen molar-refractivity contribution in [2.24, 2.45) is 0 Å². The molecule has 0 radical (unpaired) electrons. The standard InChI is InChI=1S/C25H26N2O4S/c1-32(28,29)22-13-21(15-26-16-22)19-6-4-18(5-7-19)17-27-10-2-3-23(27)20-8-9-24-25(14-20)31-12-11-30-24/h4-9,13-16,23H,2-3,10-12,17H2,1H3/t23-/m1/s1. The summed E-state index contributed by atoms with van der Waals surface area (Å²) in [5, 5.41) is 0. The van der Waals surface area contributed by atoms with E-state index in [0.29, 0.717) is 19.3 Å². The van der Waals surface area contributed by atoms with E-state index in [0.717, 1.165) is 42.1 Å². The first kappa shape index (κ1) is 21.0. The molecule has 0 spiro atoms. The van der Waals surface area contributed by atoms with E-state index in [1.54, 1.807) is 12.3 Å². The van der Waals surface area contributed by atoms with E-state index in [9.17, 15) is 8.42 Å². The third-order valence-electron chi connectivity index (χ3n) is 6.13. The van der Waals surface area contributed by atoms with Crippen LogP contribution in [-0.2, 0) is 16.4 Å². The number of pyridine rings is 1. The van der Waals surface area contributed by atoms with Gasteiger partial charge < -0.3 is 9.47 Å². The van der Waals surface area contributed by atoms with Crippen LogP contribution in [0.1, 0.15) is 30.0 Å². The highest BCUT2D eigenvalue weighted by Crippen LogP contribution is 2.38. The maximum absolute atomic E-state index is 11.8. The molecule has 1 aromatic heterocycles. The maximum atomic E-state index is 11.8. The van der Waals surface area contributed by atoms with Gasteiger partial charge in [0, 0.05) is 36.8 Å². The van der Waals surface area contributed by atoms with Crippen molar-refractivity contribution >= 4 is 9.84 Å². The monoisotopic (exact) mass is 450 g/mol. The highest BCUT2D eigenvalue weighted by molar-refractivity contribution is 7.90. The molecule has 1 saturated heterocycles. The van der Waals surface area contributed by atoms with Crippen LogP contribution in [0.2, 0.25) is 0 Å². The van der Waals surface area contributed by atoms with Crippen LogP contribution in [0.3, 0.4) is 0 Å². The van der Waals surface area contributed by atoms with Gasteiger partial charge in [0.05, 0.1) is 4.90 Å². The SMILES string of the molecule is CS(=O)(=O)c1cncc(-c2ccc(CN3CCC[C@@H]3c3ccc4c(c3)OCCO4)cc2)c1. The number of ether oxygens (including phenoxy) is 2. The first-order valence-electron chi connectivity index (χ1n) is 10.9. The number of likely N-dealkylation sites (tertiary alicyclic amines) is 1. The Labute approximate surface area is 188 Å². The van der Waals surface area contributed by atoms with Crippen LogP contribution >= 0.6 is 0 Å². The second-order valence-corrected chi connectivity index (χ2v) is 10.4. The highest BCUT2D eigenvalue weighted by Gasteiger charge is 2.27. The molecule has 3 aromatic rings. The lowest BCUT2D eigenvalue weighted by Gasteiger charge is -2.26. The van der Waals surface area contributed by atoms with E-state index in [-0.39, 0.29) is 4.90 Å². The number of sulfone groups is 1. The Morgan fingerprint density at radius 2 is 1.75 bits per heavy atom. The van der Waals surface area contributed by atoms with Crippen LogP contribution in [0, 0.1) is 0 Å². The summed E-state index contributed by atoms with van der Waals surface area (Å²) in [4.78, 5) is 6.84. The molecule has 2 aliphatic rings. The first-order chi connectivity index (χ1) is 15.5. The Hall–Kier alpha value is -2.90. The fraction of sp³-hybridized carbons (Fsp3) is 0.320. The molecule has 0 aliphatic carbocycles. The molecule has 0 unspecified atom stereocenters. The lowest BCUT2D eigenvalue weighted by Crippen LogP contribution is -2.23. The fourth-order valence-electron chi connectivity index (χ4n) is 4.48. The van der Waals surface area contributed by atoms with Crippen molar-refractivity contribution < 1.29 is 17.9 Å². The molecule has 5 rings (SSSR count). The molecule has 0 saturated carbocycles. The largest absolute Gasteiger partial charge is 0.486 e. The molecule has 166 valence electrons. The molecule has 1 fully saturated rings. The molecule has 7 heteroatoms. The van der Waals surface area contributed by atoms with Gasteiger partial charge in [-0.05, 0) is 54.3 Å². The quantitative estimate of drug-likeness (QED) is 0.579. The average molecular weight is 451 g/mol. The van der Waals surface area contributed by atoms with Crippen molar-refractivity contribution in [1.29, 1.82) is 0 Å². The van der Waals surface area contributed by atoms with Crippen LogP contribution in [-0.4, -0.2) is 44.3 Å². The Balaban J connectivity index is 1.32. The van der Waals surface area contributed by atoms with Crippen molar-refractivity contribution in [2.75, 3.05) is 26.0 Å². The van der Waals surface area contributed by atoms with Crippen LogP contribution in [0.4, 0.5) is 0 Å². The highest BCUT2D eigenvalue weighted by atomic mass is 32.2. The molecule has 2 aliphatic heterocycles. The lowest BCUT2D eigenvalue weighted by atomic mass is 10.0. The van der Waals surface area contributed by atoms with Gasteiger partial charge in [-0.1, -0.05) is 30.3 Å². The van der Waals surface area contributed by atoms with Gasteiger partial charge in [0.15, 0.2) is 21.3 Å².